The van der Waals surface area contributed by atoms with Crippen molar-refractivity contribution >= 4 is 22.2 Å². The Morgan fingerprint density at radius 2 is 2.17 bits per heavy atom. The molecule has 62 valence electrons. The van der Waals surface area contributed by atoms with Gasteiger partial charge in [0.15, 0.2) is 11.5 Å². The number of anilines is 2. The van der Waals surface area contributed by atoms with Gasteiger partial charge in [0.05, 0.1) is 5.00 Å². The predicted octanol–water partition coefficient (Wildman–Crippen LogP) is 0.963. The molecule has 0 aromatic carbocycles. The standard InChI is InChI=1S/C6H6N4OS/c7-4-1-3(2-12-4)5-6(8)10-11-9-5/h1-2H,7H2,(H2,8,10). The van der Waals surface area contributed by atoms with Crippen LogP contribution in [0.3, 0.4) is 0 Å². The average Bonchev–Trinajstić information content (AvgIpc) is 2.58. The van der Waals surface area contributed by atoms with Gasteiger partial charge in [-0.15, -0.1) is 11.3 Å². The van der Waals surface area contributed by atoms with E-state index in [1.54, 1.807) is 6.07 Å². The Balaban J connectivity index is 2.50. The summed E-state index contributed by atoms with van der Waals surface area (Å²) in [6, 6.07) is 1.78. The van der Waals surface area contributed by atoms with E-state index in [-0.39, 0.29) is 5.82 Å². The van der Waals surface area contributed by atoms with Gasteiger partial charge in [-0.1, -0.05) is 0 Å². The third-order valence-corrected chi connectivity index (χ3v) is 2.17. The number of thiophene rings is 1. The van der Waals surface area contributed by atoms with E-state index in [9.17, 15) is 0 Å². The molecular weight excluding hydrogens is 176 g/mol. The molecule has 2 aromatic heterocycles. The summed E-state index contributed by atoms with van der Waals surface area (Å²) in [6.07, 6.45) is 0. The van der Waals surface area contributed by atoms with Crippen LogP contribution < -0.4 is 11.5 Å². The first-order chi connectivity index (χ1) is 5.77. The van der Waals surface area contributed by atoms with Gasteiger partial charge in [0.1, 0.15) is 0 Å². The number of nitrogens with zero attached hydrogens (tertiary/aromatic N) is 2. The molecule has 0 amide bonds. The summed E-state index contributed by atoms with van der Waals surface area (Å²) in [4.78, 5) is 0. The molecule has 2 rings (SSSR count). The molecule has 0 fully saturated rings. The Labute approximate surface area is 71.9 Å². The van der Waals surface area contributed by atoms with Crippen LogP contribution in [0, 0.1) is 0 Å². The lowest BCUT2D eigenvalue weighted by molar-refractivity contribution is 0.310. The number of nitrogen functional groups attached to an aromatic ring is 2. The lowest BCUT2D eigenvalue weighted by atomic mass is 10.2. The molecule has 5 nitrogen and oxygen atoms in total. The van der Waals surface area contributed by atoms with Crippen LogP contribution in [0.2, 0.25) is 0 Å². The summed E-state index contributed by atoms with van der Waals surface area (Å²) in [5.74, 6) is 0.285. The van der Waals surface area contributed by atoms with Gasteiger partial charge in [-0.25, -0.2) is 4.63 Å². The van der Waals surface area contributed by atoms with Gasteiger partial charge in [-0.05, 0) is 16.4 Å². The Morgan fingerprint density at radius 3 is 2.67 bits per heavy atom. The maximum Gasteiger partial charge on any atom is 0.196 e. The SMILES string of the molecule is Nc1cc(-c2nonc2N)cs1. The fourth-order valence-electron chi connectivity index (χ4n) is 0.873. The second kappa shape index (κ2) is 2.49. The summed E-state index contributed by atoms with van der Waals surface area (Å²) < 4.78 is 4.45. The van der Waals surface area contributed by atoms with Gasteiger partial charge >= 0.3 is 0 Å². The zero-order valence-electron chi connectivity index (χ0n) is 6.02. The Hall–Kier alpha value is -1.56. The van der Waals surface area contributed by atoms with Crippen molar-refractivity contribution in [2.45, 2.75) is 0 Å². The minimum atomic E-state index is 0.285. The highest BCUT2D eigenvalue weighted by atomic mass is 32.1. The molecule has 6 heteroatoms. The predicted molar refractivity (Wildman–Crippen MR) is 46.4 cm³/mol. The van der Waals surface area contributed by atoms with Gasteiger partial charge in [-0.2, -0.15) is 0 Å². The Kier molecular flexibility index (Phi) is 1.47. The van der Waals surface area contributed by atoms with Crippen LogP contribution in [-0.4, -0.2) is 10.3 Å². The molecule has 0 bridgehead atoms. The fraction of sp³-hybridized carbons (Fsp3) is 0. The van der Waals surface area contributed by atoms with E-state index < -0.39 is 0 Å². The number of aromatic nitrogens is 2. The normalized spacial score (nSPS) is 10.3. The van der Waals surface area contributed by atoms with Gasteiger partial charge in [0, 0.05) is 10.9 Å². The van der Waals surface area contributed by atoms with Crippen molar-refractivity contribution < 1.29 is 4.63 Å². The second-order valence-electron chi connectivity index (χ2n) is 2.24. The Morgan fingerprint density at radius 1 is 1.33 bits per heavy atom. The van der Waals surface area contributed by atoms with E-state index in [4.69, 9.17) is 11.5 Å². The Bertz CT molecular complexity index is 394. The zero-order valence-corrected chi connectivity index (χ0v) is 6.84. The summed E-state index contributed by atoms with van der Waals surface area (Å²) >= 11 is 1.42. The maximum absolute atomic E-state index is 5.53. The molecule has 0 aliphatic heterocycles. The van der Waals surface area contributed by atoms with E-state index in [1.807, 2.05) is 5.38 Å². The molecule has 2 heterocycles. The third-order valence-electron chi connectivity index (χ3n) is 1.41. The molecule has 0 saturated carbocycles. The van der Waals surface area contributed by atoms with Gasteiger partial charge in [0.25, 0.3) is 0 Å². The molecule has 0 atom stereocenters. The molecule has 0 aliphatic carbocycles. The van der Waals surface area contributed by atoms with Crippen molar-refractivity contribution in [1.29, 1.82) is 0 Å². The van der Waals surface area contributed by atoms with E-state index in [2.05, 4.69) is 14.9 Å². The van der Waals surface area contributed by atoms with Gasteiger partial charge < -0.3 is 11.5 Å². The summed E-state index contributed by atoms with van der Waals surface area (Å²) in [7, 11) is 0. The highest BCUT2D eigenvalue weighted by molar-refractivity contribution is 7.14. The smallest absolute Gasteiger partial charge is 0.196 e. The van der Waals surface area contributed by atoms with E-state index in [1.165, 1.54) is 11.3 Å². The van der Waals surface area contributed by atoms with Crippen LogP contribution in [-0.2, 0) is 0 Å². The lowest BCUT2D eigenvalue weighted by Crippen LogP contribution is -1.86. The van der Waals surface area contributed by atoms with Crippen LogP contribution >= 0.6 is 11.3 Å². The largest absolute Gasteiger partial charge is 0.391 e. The molecule has 0 aliphatic rings. The molecular formula is C6H6N4OS. The lowest BCUT2D eigenvalue weighted by Gasteiger charge is -1.86. The van der Waals surface area contributed by atoms with Gasteiger partial charge in [0.2, 0.25) is 0 Å². The van der Waals surface area contributed by atoms with Crippen molar-refractivity contribution in [1.82, 2.24) is 10.3 Å². The minimum Gasteiger partial charge on any atom is -0.391 e. The van der Waals surface area contributed by atoms with Crippen molar-refractivity contribution in [3.05, 3.63) is 11.4 Å². The fourth-order valence-corrected chi connectivity index (χ4v) is 1.51. The van der Waals surface area contributed by atoms with Crippen LogP contribution in [0.5, 0.6) is 0 Å². The summed E-state index contributed by atoms with van der Waals surface area (Å²) in [6.45, 7) is 0. The molecule has 4 N–H and O–H groups in total. The number of hydrogen-bond acceptors (Lipinski definition) is 6. The summed E-state index contributed by atoms with van der Waals surface area (Å²) in [5.41, 5.74) is 12.4. The molecule has 2 aromatic rings. The monoisotopic (exact) mass is 182 g/mol. The number of nitrogens with two attached hydrogens (primary N) is 2. The quantitative estimate of drug-likeness (QED) is 0.685. The van der Waals surface area contributed by atoms with Crippen molar-refractivity contribution in [3.63, 3.8) is 0 Å². The second-order valence-corrected chi connectivity index (χ2v) is 3.18. The van der Waals surface area contributed by atoms with Crippen molar-refractivity contribution in [3.8, 4) is 11.3 Å². The van der Waals surface area contributed by atoms with E-state index in [0.29, 0.717) is 10.7 Å². The molecule has 0 radical (unpaired) electrons. The van der Waals surface area contributed by atoms with Crippen LogP contribution in [0.1, 0.15) is 0 Å². The summed E-state index contributed by atoms with van der Waals surface area (Å²) in [5, 5.41) is 9.66. The van der Waals surface area contributed by atoms with E-state index in [0.717, 1.165) is 5.56 Å². The molecule has 0 spiro atoms. The first kappa shape index (κ1) is 7.11. The molecule has 12 heavy (non-hydrogen) atoms. The van der Waals surface area contributed by atoms with Crippen LogP contribution in [0.4, 0.5) is 10.8 Å². The van der Waals surface area contributed by atoms with Crippen LogP contribution in [0.15, 0.2) is 16.1 Å². The highest BCUT2D eigenvalue weighted by Crippen LogP contribution is 2.28. The third kappa shape index (κ3) is 1.02. The first-order valence-electron chi connectivity index (χ1n) is 3.20. The molecule has 0 saturated heterocycles. The number of rotatable bonds is 1. The highest BCUT2D eigenvalue weighted by Gasteiger charge is 2.09. The average molecular weight is 182 g/mol. The van der Waals surface area contributed by atoms with Crippen LogP contribution in [0.25, 0.3) is 11.3 Å². The zero-order chi connectivity index (χ0) is 8.55. The first-order valence-corrected chi connectivity index (χ1v) is 4.08. The van der Waals surface area contributed by atoms with E-state index >= 15 is 0 Å². The number of hydrogen-bond donors (Lipinski definition) is 2. The van der Waals surface area contributed by atoms with Gasteiger partial charge in [-0.3, -0.25) is 0 Å². The maximum atomic E-state index is 5.53. The minimum absolute atomic E-state index is 0.285. The topological polar surface area (TPSA) is 91.0 Å². The van der Waals surface area contributed by atoms with Crippen molar-refractivity contribution in [2.75, 3.05) is 11.5 Å². The molecule has 0 unspecified atom stereocenters. The van der Waals surface area contributed by atoms with Crippen molar-refractivity contribution in [2.24, 2.45) is 0 Å².